The van der Waals surface area contributed by atoms with E-state index in [4.69, 9.17) is 15.2 Å². The molecule has 0 bridgehead atoms. The zero-order valence-electron chi connectivity index (χ0n) is 12.8. The third-order valence-corrected chi connectivity index (χ3v) is 3.02. The Labute approximate surface area is 130 Å². The van der Waals surface area contributed by atoms with Crippen molar-refractivity contribution in [3.63, 3.8) is 0 Å². The summed E-state index contributed by atoms with van der Waals surface area (Å²) < 4.78 is 10.5. The van der Waals surface area contributed by atoms with Crippen LogP contribution in [0.4, 0.5) is 16.2 Å². The molecule has 2 aromatic carbocycles. The highest BCUT2D eigenvalue weighted by atomic mass is 16.5. The van der Waals surface area contributed by atoms with Gasteiger partial charge in [-0.05, 0) is 31.5 Å². The van der Waals surface area contributed by atoms with Gasteiger partial charge in [-0.3, -0.25) is 5.32 Å². The van der Waals surface area contributed by atoms with Gasteiger partial charge in [-0.2, -0.15) is 0 Å². The first kappa shape index (κ1) is 15.7. The van der Waals surface area contributed by atoms with E-state index in [1.54, 1.807) is 25.1 Å². The van der Waals surface area contributed by atoms with Gasteiger partial charge >= 0.3 is 6.09 Å². The molecule has 2 rings (SSSR count). The summed E-state index contributed by atoms with van der Waals surface area (Å²) in [4.78, 5) is 11.4. The van der Waals surface area contributed by atoms with Crippen molar-refractivity contribution < 1.29 is 14.3 Å². The van der Waals surface area contributed by atoms with Gasteiger partial charge in [0.25, 0.3) is 0 Å². The molecule has 5 heteroatoms. The predicted octanol–water partition coefficient (Wildman–Crippen LogP) is 3.72. The quantitative estimate of drug-likeness (QED) is 0.825. The highest BCUT2D eigenvalue weighted by molar-refractivity contribution is 5.89. The van der Waals surface area contributed by atoms with E-state index < -0.39 is 6.09 Å². The van der Waals surface area contributed by atoms with Gasteiger partial charge in [0.1, 0.15) is 12.4 Å². The first-order chi connectivity index (χ1) is 10.6. The summed E-state index contributed by atoms with van der Waals surface area (Å²) in [6.07, 6.45) is -0.525. The van der Waals surface area contributed by atoms with Crippen molar-refractivity contribution in [3.05, 3.63) is 53.6 Å². The highest BCUT2D eigenvalue weighted by Crippen LogP contribution is 2.25. The molecule has 22 heavy (non-hydrogen) atoms. The van der Waals surface area contributed by atoms with E-state index in [9.17, 15) is 4.79 Å². The summed E-state index contributed by atoms with van der Waals surface area (Å²) in [5.41, 5.74) is 9.12. The molecule has 5 nitrogen and oxygen atoms in total. The topological polar surface area (TPSA) is 73.6 Å². The number of anilines is 2. The third-order valence-electron chi connectivity index (χ3n) is 3.02. The fourth-order valence-electron chi connectivity index (χ4n) is 1.99. The van der Waals surface area contributed by atoms with Crippen LogP contribution in [0.3, 0.4) is 0 Å². The van der Waals surface area contributed by atoms with E-state index in [-0.39, 0.29) is 0 Å². The predicted molar refractivity (Wildman–Crippen MR) is 87.0 cm³/mol. The number of nitrogens with two attached hydrogens (primary N) is 1. The van der Waals surface area contributed by atoms with Crippen LogP contribution in [0.15, 0.2) is 42.5 Å². The van der Waals surface area contributed by atoms with E-state index in [2.05, 4.69) is 11.4 Å². The molecule has 0 saturated heterocycles. The lowest BCUT2D eigenvalue weighted by Gasteiger charge is -2.11. The van der Waals surface area contributed by atoms with Crippen LogP contribution in [0.25, 0.3) is 0 Å². The molecule has 2 aromatic rings. The van der Waals surface area contributed by atoms with Crippen LogP contribution in [0.5, 0.6) is 5.75 Å². The molecule has 0 aliphatic rings. The first-order valence-electron chi connectivity index (χ1n) is 7.10. The van der Waals surface area contributed by atoms with Gasteiger partial charge in [0.05, 0.1) is 18.0 Å². The molecule has 0 radical (unpaired) electrons. The molecule has 0 saturated carbocycles. The lowest BCUT2D eigenvalue weighted by molar-refractivity contribution is 0.168. The maximum Gasteiger partial charge on any atom is 0.411 e. The lowest BCUT2D eigenvalue weighted by Crippen LogP contribution is -2.14. The molecule has 0 heterocycles. The van der Waals surface area contributed by atoms with Crippen molar-refractivity contribution in [1.29, 1.82) is 0 Å². The van der Waals surface area contributed by atoms with Gasteiger partial charge in [-0.25, -0.2) is 4.79 Å². The van der Waals surface area contributed by atoms with Crippen LogP contribution >= 0.6 is 0 Å². The molecule has 0 aliphatic heterocycles. The van der Waals surface area contributed by atoms with Crippen molar-refractivity contribution in [3.8, 4) is 5.75 Å². The van der Waals surface area contributed by atoms with Crippen molar-refractivity contribution in [2.75, 3.05) is 17.7 Å². The summed E-state index contributed by atoms with van der Waals surface area (Å²) in [6.45, 7) is 4.55. The number of amides is 1. The van der Waals surface area contributed by atoms with Crippen molar-refractivity contribution in [2.24, 2.45) is 0 Å². The SMILES string of the molecule is CCOC(=O)Nc1ccc(OCc2cccc(C)c2)cc1N. The van der Waals surface area contributed by atoms with Gasteiger partial charge < -0.3 is 15.2 Å². The average molecular weight is 300 g/mol. The molecule has 0 aromatic heterocycles. The third kappa shape index (κ3) is 4.41. The van der Waals surface area contributed by atoms with Crippen LogP contribution in [-0.2, 0) is 11.3 Å². The number of rotatable bonds is 5. The smallest absolute Gasteiger partial charge is 0.411 e. The van der Waals surface area contributed by atoms with Crippen molar-refractivity contribution in [1.82, 2.24) is 0 Å². The van der Waals surface area contributed by atoms with Gasteiger partial charge in [0, 0.05) is 6.07 Å². The number of benzene rings is 2. The Balaban J connectivity index is 1.98. The Bertz CT molecular complexity index is 656. The average Bonchev–Trinajstić information content (AvgIpc) is 2.48. The second-order valence-electron chi connectivity index (χ2n) is 4.87. The number of carbonyl (C=O) groups is 1. The van der Waals surface area contributed by atoms with E-state index >= 15 is 0 Å². The fourth-order valence-corrected chi connectivity index (χ4v) is 1.99. The summed E-state index contributed by atoms with van der Waals surface area (Å²) in [5.74, 6) is 0.647. The zero-order chi connectivity index (χ0) is 15.9. The van der Waals surface area contributed by atoms with E-state index in [0.717, 1.165) is 5.56 Å². The summed E-state index contributed by atoms with van der Waals surface area (Å²) in [5, 5.41) is 2.58. The number of hydrogen-bond acceptors (Lipinski definition) is 4. The minimum Gasteiger partial charge on any atom is -0.489 e. The summed E-state index contributed by atoms with van der Waals surface area (Å²) >= 11 is 0. The Morgan fingerprint density at radius 2 is 2.05 bits per heavy atom. The number of hydrogen-bond donors (Lipinski definition) is 2. The van der Waals surface area contributed by atoms with Crippen molar-refractivity contribution >= 4 is 17.5 Å². The molecule has 3 N–H and O–H groups in total. The summed E-state index contributed by atoms with van der Waals surface area (Å²) in [7, 11) is 0. The van der Waals surface area contributed by atoms with Gasteiger partial charge in [-0.1, -0.05) is 29.8 Å². The minimum atomic E-state index is -0.525. The van der Waals surface area contributed by atoms with Crippen LogP contribution in [-0.4, -0.2) is 12.7 Å². The Morgan fingerprint density at radius 3 is 2.73 bits per heavy atom. The summed E-state index contributed by atoms with van der Waals surface area (Å²) in [6, 6.07) is 13.2. The first-order valence-corrected chi connectivity index (χ1v) is 7.10. The lowest BCUT2D eigenvalue weighted by atomic mass is 10.1. The molecule has 1 amide bonds. The molecule has 0 unspecified atom stereocenters. The molecule has 0 spiro atoms. The fraction of sp³-hybridized carbons (Fsp3) is 0.235. The van der Waals surface area contributed by atoms with Crippen LogP contribution in [0, 0.1) is 6.92 Å². The minimum absolute atomic E-state index is 0.309. The highest BCUT2D eigenvalue weighted by Gasteiger charge is 2.07. The second kappa shape index (κ2) is 7.36. The van der Waals surface area contributed by atoms with Crippen LogP contribution in [0.1, 0.15) is 18.1 Å². The monoisotopic (exact) mass is 300 g/mol. The van der Waals surface area contributed by atoms with Gasteiger partial charge in [0.15, 0.2) is 0 Å². The van der Waals surface area contributed by atoms with E-state index in [1.807, 2.05) is 25.1 Å². The van der Waals surface area contributed by atoms with E-state index in [0.29, 0.717) is 30.3 Å². The maximum absolute atomic E-state index is 11.4. The van der Waals surface area contributed by atoms with Gasteiger partial charge in [0.2, 0.25) is 0 Å². The maximum atomic E-state index is 11.4. The number of nitrogen functional groups attached to an aromatic ring is 1. The Hall–Kier alpha value is -2.69. The molecular formula is C17H20N2O3. The number of nitrogens with one attached hydrogen (secondary N) is 1. The van der Waals surface area contributed by atoms with Gasteiger partial charge in [-0.15, -0.1) is 0 Å². The molecule has 0 aliphatic carbocycles. The number of carbonyl (C=O) groups excluding carboxylic acids is 1. The standard InChI is InChI=1S/C17H20N2O3/c1-3-21-17(20)19-16-8-7-14(10-15(16)18)22-11-13-6-4-5-12(2)9-13/h4-10H,3,11,18H2,1-2H3,(H,19,20). The second-order valence-corrected chi connectivity index (χ2v) is 4.87. The molecule has 0 atom stereocenters. The zero-order valence-corrected chi connectivity index (χ0v) is 12.8. The molecular weight excluding hydrogens is 280 g/mol. The largest absolute Gasteiger partial charge is 0.489 e. The Kier molecular flexibility index (Phi) is 5.25. The Morgan fingerprint density at radius 1 is 1.23 bits per heavy atom. The number of aryl methyl sites for hydroxylation is 1. The van der Waals surface area contributed by atoms with E-state index in [1.165, 1.54) is 5.56 Å². The van der Waals surface area contributed by atoms with Crippen LogP contribution < -0.4 is 15.8 Å². The molecule has 0 fully saturated rings. The van der Waals surface area contributed by atoms with Crippen LogP contribution in [0.2, 0.25) is 0 Å². The van der Waals surface area contributed by atoms with Crippen molar-refractivity contribution in [2.45, 2.75) is 20.5 Å². The normalized spacial score (nSPS) is 10.1. The molecule has 116 valence electrons. The number of ether oxygens (including phenoxy) is 2.